The van der Waals surface area contributed by atoms with E-state index in [0.717, 1.165) is 4.43 Å². The molecule has 2 nitrogen and oxygen atoms in total. The van der Waals surface area contributed by atoms with Gasteiger partial charge in [0.05, 0.1) is 0 Å². The molecular weight excluding hydrogens is 344 g/mol. The first kappa shape index (κ1) is 10.4. The molecule has 0 aromatic rings. The van der Waals surface area contributed by atoms with Gasteiger partial charge in [-0.3, -0.25) is 0 Å². The zero-order valence-electron chi connectivity index (χ0n) is 5.35. The number of alkyl halides is 3. The number of halogens is 2. The molecule has 0 aliphatic heterocycles. The Hall–Kier alpha value is 1.38. The predicted octanol–water partition coefficient (Wildman–Crippen LogP) is -3.17. The van der Waals surface area contributed by atoms with Gasteiger partial charge in [-0.1, -0.05) is 0 Å². The molecule has 0 rings (SSSR count). The summed E-state index contributed by atoms with van der Waals surface area (Å²) in [6, 6.07) is 0.0275. The maximum atomic E-state index is 8.66. The van der Waals surface area contributed by atoms with E-state index in [9.17, 15) is 0 Å². The van der Waals surface area contributed by atoms with E-state index < -0.39 is 0 Å². The zero-order valence-corrected chi connectivity index (χ0v) is 9.66. The fraction of sp³-hybridized carbons (Fsp3) is 1.00. The number of aliphatic hydroxyl groups is 1. The first-order valence-electron chi connectivity index (χ1n) is 2.66. The van der Waals surface area contributed by atoms with Gasteiger partial charge in [-0.25, -0.2) is 0 Å². The normalized spacial score (nSPS) is 17.8. The van der Waals surface area contributed by atoms with Crippen molar-refractivity contribution < 1.29 is 26.3 Å². The maximum absolute atomic E-state index is 8.66. The van der Waals surface area contributed by atoms with Gasteiger partial charge < -0.3 is 0 Å². The summed E-state index contributed by atoms with van der Waals surface area (Å²) in [5, 5.41) is 8.66. The van der Waals surface area contributed by atoms with Crippen LogP contribution in [0.1, 0.15) is 0 Å². The molecule has 0 radical (unpaired) electrons. The Balaban J connectivity index is 3.50. The summed E-state index contributed by atoms with van der Waals surface area (Å²) >= 11 is 2.53. The molecule has 9 heavy (non-hydrogen) atoms. The summed E-state index contributed by atoms with van der Waals surface area (Å²) < 4.78 is 1.68. The fourth-order valence-corrected chi connectivity index (χ4v) is 4.82. The number of aliphatic hydroxyl groups excluding tert-OH is 1. The minimum absolute atomic E-state index is 0.0275. The van der Waals surface area contributed by atoms with Crippen molar-refractivity contribution in [2.24, 2.45) is 5.73 Å². The van der Waals surface area contributed by atoms with Gasteiger partial charge in [-0.15, -0.1) is 0 Å². The predicted molar refractivity (Wildman–Crippen MR) is 43.7 cm³/mol. The van der Waals surface area contributed by atoms with E-state index in [2.05, 4.69) is 27.5 Å². The van der Waals surface area contributed by atoms with Gasteiger partial charge in [0, 0.05) is 0 Å². The van der Waals surface area contributed by atoms with E-state index in [1.165, 1.54) is 0 Å². The summed E-state index contributed by atoms with van der Waals surface area (Å²) in [4.78, 5) is 2.21. The summed E-state index contributed by atoms with van der Waals surface area (Å²) in [6.45, 7) is 0.140. The quantitative estimate of drug-likeness (QED) is 0.413. The second-order valence-corrected chi connectivity index (χ2v) is 5.46. The van der Waals surface area contributed by atoms with E-state index in [-0.39, 0.29) is 33.9 Å². The number of nitrogens with two attached hydrogens (primary N) is 1. The van der Waals surface area contributed by atoms with Crippen molar-refractivity contribution in [3.05, 3.63) is 0 Å². The van der Waals surface area contributed by atoms with Crippen LogP contribution in [0.15, 0.2) is 0 Å². The molecule has 0 heterocycles. The first-order chi connectivity index (χ1) is 4.26. The van der Waals surface area contributed by atoms with Gasteiger partial charge in [0.2, 0.25) is 0 Å². The third kappa shape index (κ3) is 3.94. The van der Waals surface area contributed by atoms with Crippen LogP contribution in [-0.4, -0.2) is 31.0 Å². The molecule has 58 valence electrons. The van der Waals surface area contributed by atoms with Crippen LogP contribution < -0.4 is 26.9 Å². The third-order valence-corrected chi connectivity index (χ3v) is 6.70. The Morgan fingerprint density at radius 1 is 1.78 bits per heavy atom. The Labute approximate surface area is 80.0 Å². The van der Waals surface area contributed by atoms with Crippen LogP contribution in [0, 0.1) is 0 Å². The topological polar surface area (TPSA) is 46.2 Å². The molecule has 0 aliphatic carbocycles. The fourth-order valence-electron chi connectivity index (χ4n) is 0.449. The summed E-state index contributed by atoms with van der Waals surface area (Å²) in [7, 11) is 0. The van der Waals surface area contributed by atoms with Crippen molar-refractivity contribution in [1.29, 1.82) is 0 Å². The molecule has 4 heteroatoms. The van der Waals surface area contributed by atoms with Crippen LogP contribution in [0.25, 0.3) is 0 Å². The monoisotopic (exact) mass is 356 g/mol. The molecule has 2 unspecified atom stereocenters. The van der Waals surface area contributed by atoms with Gasteiger partial charge in [0.1, 0.15) is 0 Å². The standard InChI is InChI=1S/C5H12I2NO/c1-7-4(2-6)5(8)3-9/h4-5,9H,2-3,8H2,1H3/q-1. The Morgan fingerprint density at radius 3 is 2.44 bits per heavy atom. The SMILES string of the molecule is C[I-]C(CI)C(N)CO. The Kier molecular flexibility index (Phi) is 7.05. The molecule has 3 N–H and O–H groups in total. The Bertz CT molecular complexity index is 68.0. The molecular formula is C5H12I2NO-. The van der Waals surface area contributed by atoms with Crippen LogP contribution in [-0.2, 0) is 0 Å². The van der Waals surface area contributed by atoms with Crippen molar-refractivity contribution in [2.45, 2.75) is 9.97 Å². The van der Waals surface area contributed by atoms with E-state index in [1.807, 2.05) is 0 Å². The van der Waals surface area contributed by atoms with Crippen LogP contribution in [0.2, 0.25) is 0 Å². The zero-order chi connectivity index (χ0) is 7.28. The number of rotatable bonds is 4. The molecule has 0 aromatic carbocycles. The van der Waals surface area contributed by atoms with Gasteiger partial charge in [-0.05, 0) is 0 Å². The van der Waals surface area contributed by atoms with Crippen molar-refractivity contribution in [3.63, 3.8) is 0 Å². The van der Waals surface area contributed by atoms with Crippen LogP contribution in [0.4, 0.5) is 0 Å². The first-order valence-corrected chi connectivity index (χ1v) is 7.59. The number of hydrogen-bond donors (Lipinski definition) is 2. The van der Waals surface area contributed by atoms with E-state index >= 15 is 0 Å². The second kappa shape index (κ2) is 6.11. The minimum atomic E-state index is 0.0275. The summed E-state index contributed by atoms with van der Waals surface area (Å²) in [6.07, 6.45) is 0. The Morgan fingerprint density at radius 2 is 2.33 bits per heavy atom. The molecule has 0 aromatic heterocycles. The van der Waals surface area contributed by atoms with Crippen LogP contribution in [0.3, 0.4) is 0 Å². The molecule has 0 saturated carbocycles. The van der Waals surface area contributed by atoms with Gasteiger partial charge in [0.25, 0.3) is 0 Å². The molecule has 0 spiro atoms. The third-order valence-electron chi connectivity index (χ3n) is 1.10. The molecule has 0 fully saturated rings. The summed E-state index contributed by atoms with van der Waals surface area (Å²) in [5.74, 6) is 0. The average molecular weight is 356 g/mol. The molecule has 0 amide bonds. The molecule has 2 atom stereocenters. The van der Waals surface area contributed by atoms with Crippen molar-refractivity contribution in [1.82, 2.24) is 0 Å². The average Bonchev–Trinajstić information content (AvgIpc) is 1.90. The van der Waals surface area contributed by atoms with Gasteiger partial charge in [-0.2, -0.15) is 0 Å². The van der Waals surface area contributed by atoms with Crippen molar-refractivity contribution >= 4 is 22.6 Å². The van der Waals surface area contributed by atoms with Crippen LogP contribution >= 0.6 is 22.6 Å². The van der Waals surface area contributed by atoms with E-state index in [4.69, 9.17) is 10.8 Å². The number of hydrogen-bond acceptors (Lipinski definition) is 2. The van der Waals surface area contributed by atoms with Crippen molar-refractivity contribution in [2.75, 3.05) is 16.0 Å². The van der Waals surface area contributed by atoms with Gasteiger partial charge >= 0.3 is 80.6 Å². The van der Waals surface area contributed by atoms with E-state index in [0.29, 0.717) is 3.92 Å². The van der Waals surface area contributed by atoms with E-state index in [1.54, 1.807) is 0 Å². The molecule has 0 saturated heterocycles. The van der Waals surface area contributed by atoms with Crippen molar-refractivity contribution in [3.8, 4) is 0 Å². The summed E-state index contributed by atoms with van der Waals surface area (Å²) in [5.41, 5.74) is 5.61. The molecule has 0 aliphatic rings. The second-order valence-electron chi connectivity index (χ2n) is 1.73. The van der Waals surface area contributed by atoms with Crippen LogP contribution in [0.5, 0.6) is 0 Å². The molecule has 0 bridgehead atoms. The van der Waals surface area contributed by atoms with Gasteiger partial charge in [0.15, 0.2) is 0 Å².